The molecular weight excluding hydrogens is 605 g/mol. The van der Waals surface area contributed by atoms with Crippen LogP contribution < -0.4 is 14.4 Å². The number of nitrogens with zero attached hydrogens (tertiary/aromatic N) is 8. The molecule has 1 aliphatic rings. The van der Waals surface area contributed by atoms with E-state index in [-0.39, 0.29) is 13.1 Å². The van der Waals surface area contributed by atoms with Gasteiger partial charge in [-0.25, -0.2) is 15.0 Å². The van der Waals surface area contributed by atoms with Crippen LogP contribution in [-0.2, 0) is 16.8 Å². The molecule has 0 saturated carbocycles. The average Bonchev–Trinajstić information content (AvgIpc) is 3.60. The maximum atomic E-state index is 12.2. The van der Waals surface area contributed by atoms with Crippen molar-refractivity contribution >= 4 is 68.0 Å². The van der Waals surface area contributed by atoms with Crippen molar-refractivity contribution in [3.63, 3.8) is 0 Å². The van der Waals surface area contributed by atoms with E-state index >= 15 is 0 Å². The van der Waals surface area contributed by atoms with E-state index in [9.17, 15) is 8.42 Å². The Bertz CT molecular complexity index is 1940. The highest BCUT2D eigenvalue weighted by Crippen LogP contribution is 2.41. The number of hydrogen-bond acceptors (Lipinski definition) is 9. The summed E-state index contributed by atoms with van der Waals surface area (Å²) in [5, 5.41) is 6.49. The first-order valence-corrected chi connectivity index (χ1v) is 14.9. The van der Waals surface area contributed by atoms with Crippen molar-refractivity contribution in [2.75, 3.05) is 45.3 Å². The lowest BCUT2D eigenvalue weighted by atomic mass is 10.0. The third kappa shape index (κ3) is 5.11. The number of piperazine rings is 1. The summed E-state index contributed by atoms with van der Waals surface area (Å²) in [4.78, 5) is 18.9. The van der Waals surface area contributed by atoms with E-state index in [1.54, 1.807) is 43.3 Å². The first kappa shape index (κ1) is 28.2. The number of benzene rings is 1. The molecule has 5 aromatic rings. The molecule has 1 aromatic carbocycles. The first-order chi connectivity index (χ1) is 20.2. The van der Waals surface area contributed by atoms with Crippen molar-refractivity contribution in [2.45, 2.75) is 6.54 Å². The van der Waals surface area contributed by atoms with Crippen LogP contribution in [0.25, 0.3) is 33.2 Å². The second-order valence-electron chi connectivity index (χ2n) is 9.45. The second-order valence-corrected chi connectivity index (χ2v) is 11.9. The Hall–Kier alpha value is -3.98. The highest BCUT2D eigenvalue weighted by atomic mass is 35.5. The number of anilines is 1. The van der Waals surface area contributed by atoms with Crippen LogP contribution in [0.15, 0.2) is 41.1 Å². The minimum Gasteiger partial charge on any atom is -0.493 e. The molecule has 0 amide bonds. The molecule has 0 spiro atoms. The Morgan fingerprint density at radius 2 is 1.79 bits per heavy atom. The number of fused-ring (bicyclic) bond motifs is 2. The molecule has 0 radical (unpaired) electrons. The van der Waals surface area contributed by atoms with Crippen molar-refractivity contribution in [2.24, 2.45) is 4.40 Å². The Morgan fingerprint density at radius 3 is 2.50 bits per heavy atom. The molecule has 13 nitrogen and oxygen atoms in total. The Kier molecular flexibility index (Phi) is 7.39. The van der Waals surface area contributed by atoms with Gasteiger partial charge < -0.3 is 19.4 Å². The summed E-state index contributed by atoms with van der Waals surface area (Å²) in [6.45, 7) is 4.78. The molecule has 1 saturated heterocycles. The molecule has 1 aliphatic heterocycles. The topological polar surface area (TPSA) is 144 Å². The van der Waals surface area contributed by atoms with E-state index in [0.717, 1.165) is 16.5 Å². The molecule has 1 N–H and O–H groups in total. The molecule has 218 valence electrons. The fraction of sp³-hybridized carbons (Fsp3) is 0.269. The number of aromatic nitrogens is 6. The van der Waals surface area contributed by atoms with Gasteiger partial charge in [0.15, 0.2) is 23.0 Å². The van der Waals surface area contributed by atoms with Gasteiger partial charge in [-0.3, -0.25) is 4.68 Å². The van der Waals surface area contributed by atoms with E-state index in [0.29, 0.717) is 69.7 Å². The molecule has 5 heterocycles. The first-order valence-electron chi connectivity index (χ1n) is 12.7. The van der Waals surface area contributed by atoms with Gasteiger partial charge in [-0.05, 0) is 18.2 Å². The van der Waals surface area contributed by atoms with Crippen LogP contribution in [0.2, 0.25) is 10.2 Å². The summed E-state index contributed by atoms with van der Waals surface area (Å²) in [5.74, 6) is 2.28. The summed E-state index contributed by atoms with van der Waals surface area (Å²) in [6.07, 6.45) is 3.64. The van der Waals surface area contributed by atoms with Gasteiger partial charge in [-0.15, -0.1) is 0 Å². The Morgan fingerprint density at radius 1 is 1.05 bits per heavy atom. The molecule has 42 heavy (non-hydrogen) atoms. The van der Waals surface area contributed by atoms with Gasteiger partial charge in [0.05, 0.1) is 31.3 Å². The summed E-state index contributed by atoms with van der Waals surface area (Å²) in [7, 11) is -0.651. The summed E-state index contributed by atoms with van der Waals surface area (Å²) < 4.78 is 41.7. The molecular formula is C26H25Cl2N9O4S. The zero-order chi connectivity index (χ0) is 29.6. The predicted octanol–water partition coefficient (Wildman–Crippen LogP) is 3.81. The number of methoxy groups -OCH3 is 2. The van der Waals surface area contributed by atoms with Crippen molar-refractivity contribution in [1.82, 2.24) is 34.0 Å². The predicted molar refractivity (Wildman–Crippen MR) is 161 cm³/mol. The zero-order valence-electron chi connectivity index (χ0n) is 22.6. The van der Waals surface area contributed by atoms with Gasteiger partial charge in [-0.1, -0.05) is 23.2 Å². The normalized spacial score (nSPS) is 14.5. The summed E-state index contributed by atoms with van der Waals surface area (Å²) in [6, 6.07) is 7.01. The number of nitrogens with one attached hydrogen (secondary N) is 1. The van der Waals surface area contributed by atoms with Gasteiger partial charge in [-0.2, -0.15) is 22.2 Å². The molecule has 0 aliphatic carbocycles. The number of aromatic amines is 1. The summed E-state index contributed by atoms with van der Waals surface area (Å²) in [5.41, 5.74) is 3.31. The quantitative estimate of drug-likeness (QED) is 0.200. The molecule has 0 bridgehead atoms. The van der Waals surface area contributed by atoms with E-state index < -0.39 is 10.2 Å². The standard InChI is InChI=1S/C26H25Cl2N9O4S/c1-29-42(38,39)37-8-6-35(7-9-37)26-24-17(16(12-30-26)15-10-20(40-2)21(41-3)11-18(15)27)13-36(34-24)14-23-31-19-4-5-22(28)32-25(19)33-23/h4-5,10-13H,1,6-9,14H2,2-3H3,(H,31,32,33). The lowest BCUT2D eigenvalue weighted by Crippen LogP contribution is -2.48. The fourth-order valence-corrected chi connectivity index (χ4v) is 6.17. The van der Waals surface area contributed by atoms with Crippen LogP contribution in [0.5, 0.6) is 11.5 Å². The van der Waals surface area contributed by atoms with E-state index in [2.05, 4.69) is 26.1 Å². The number of rotatable bonds is 8. The van der Waals surface area contributed by atoms with Crippen LogP contribution in [0, 0.1) is 0 Å². The molecule has 4 aromatic heterocycles. The number of H-pyrrole nitrogens is 1. The number of ether oxygens (including phenoxy) is 2. The largest absolute Gasteiger partial charge is 0.493 e. The van der Waals surface area contributed by atoms with Gasteiger partial charge in [0.1, 0.15) is 16.5 Å². The SMILES string of the molecule is C=NS(=O)(=O)N1CCN(c2ncc(-c3cc(OC)c(OC)cc3Cl)c3cn(Cc4nc5nc(Cl)ccc5[nH]4)nc23)CC1. The van der Waals surface area contributed by atoms with Crippen LogP contribution >= 0.6 is 23.2 Å². The smallest absolute Gasteiger partial charge is 0.321 e. The highest BCUT2D eigenvalue weighted by molar-refractivity contribution is 7.87. The molecule has 1 fully saturated rings. The maximum absolute atomic E-state index is 12.2. The fourth-order valence-electron chi connectivity index (χ4n) is 4.99. The van der Waals surface area contributed by atoms with E-state index in [1.807, 2.05) is 17.2 Å². The van der Waals surface area contributed by atoms with Crippen LogP contribution in [0.1, 0.15) is 5.82 Å². The zero-order valence-corrected chi connectivity index (χ0v) is 24.9. The molecule has 0 unspecified atom stereocenters. The minimum atomic E-state index is -3.75. The van der Waals surface area contributed by atoms with Crippen LogP contribution in [0.3, 0.4) is 0 Å². The third-order valence-corrected chi connectivity index (χ3v) is 8.91. The van der Waals surface area contributed by atoms with Crippen molar-refractivity contribution in [1.29, 1.82) is 0 Å². The number of pyridine rings is 2. The number of hydrogen-bond donors (Lipinski definition) is 1. The van der Waals surface area contributed by atoms with Crippen LogP contribution in [0.4, 0.5) is 5.82 Å². The van der Waals surface area contributed by atoms with Crippen molar-refractivity contribution in [3.05, 3.63) is 52.7 Å². The summed E-state index contributed by atoms with van der Waals surface area (Å²) >= 11 is 12.8. The lowest BCUT2D eigenvalue weighted by molar-refractivity contribution is 0.355. The Labute approximate surface area is 250 Å². The Balaban J connectivity index is 1.44. The van der Waals surface area contributed by atoms with E-state index in [4.69, 9.17) is 42.8 Å². The van der Waals surface area contributed by atoms with Gasteiger partial charge >= 0.3 is 10.2 Å². The third-order valence-electron chi connectivity index (χ3n) is 7.04. The molecule has 0 atom stereocenters. The van der Waals surface area contributed by atoms with Crippen LogP contribution in [-0.4, -0.2) is 89.6 Å². The molecule has 6 rings (SSSR count). The van der Waals surface area contributed by atoms with Crippen molar-refractivity contribution < 1.29 is 17.9 Å². The minimum absolute atomic E-state index is 0.239. The molecule has 16 heteroatoms. The second kappa shape index (κ2) is 11.0. The number of halogens is 2. The number of imidazole rings is 1. The van der Waals surface area contributed by atoms with E-state index in [1.165, 1.54) is 4.31 Å². The average molecular weight is 631 g/mol. The monoisotopic (exact) mass is 629 g/mol. The van der Waals surface area contributed by atoms with Gasteiger partial charge in [0.25, 0.3) is 0 Å². The lowest BCUT2D eigenvalue weighted by Gasteiger charge is -2.33. The van der Waals surface area contributed by atoms with Gasteiger partial charge in [0.2, 0.25) is 0 Å². The van der Waals surface area contributed by atoms with Gasteiger partial charge in [0, 0.05) is 67.9 Å². The highest BCUT2D eigenvalue weighted by Gasteiger charge is 2.28. The van der Waals surface area contributed by atoms with Crippen molar-refractivity contribution in [3.8, 4) is 22.6 Å². The maximum Gasteiger partial charge on any atom is 0.321 e.